The highest BCUT2D eigenvalue weighted by Gasteiger charge is 1.97. The minimum atomic E-state index is 0.329. The minimum absolute atomic E-state index is 0.329. The van der Waals surface area contributed by atoms with Crippen molar-refractivity contribution in [2.24, 2.45) is 5.92 Å². The average molecular weight is 151 g/mol. The highest BCUT2D eigenvalue weighted by molar-refractivity contribution is 5.94. The fourth-order valence-corrected chi connectivity index (χ4v) is 0.723. The Morgan fingerprint density at radius 1 is 1.36 bits per heavy atom. The van der Waals surface area contributed by atoms with Crippen LogP contribution in [-0.4, -0.2) is 5.71 Å². The van der Waals surface area contributed by atoms with Gasteiger partial charge in [0.15, 0.2) is 0 Å². The van der Waals surface area contributed by atoms with Crippen molar-refractivity contribution in [3.8, 4) is 0 Å². The maximum absolute atomic E-state index is 7.54. The molecule has 0 aromatic rings. The van der Waals surface area contributed by atoms with Gasteiger partial charge in [0.2, 0.25) is 0 Å². The van der Waals surface area contributed by atoms with Crippen molar-refractivity contribution in [2.75, 3.05) is 0 Å². The molecule has 0 aliphatic rings. The van der Waals surface area contributed by atoms with Crippen molar-refractivity contribution in [1.82, 2.24) is 0 Å². The number of allylic oxidation sites excluding steroid dienone is 4. The van der Waals surface area contributed by atoms with E-state index in [-0.39, 0.29) is 0 Å². The molecule has 0 aliphatic heterocycles. The maximum Gasteiger partial charge on any atom is 0.0341 e. The van der Waals surface area contributed by atoms with Gasteiger partial charge in [-0.3, -0.25) is 0 Å². The summed E-state index contributed by atoms with van der Waals surface area (Å²) in [6.07, 6.45) is 5.90. The van der Waals surface area contributed by atoms with Crippen LogP contribution in [0, 0.1) is 11.3 Å². The monoisotopic (exact) mass is 151 g/mol. The first-order valence-electron chi connectivity index (χ1n) is 3.97. The van der Waals surface area contributed by atoms with Crippen molar-refractivity contribution < 1.29 is 0 Å². The van der Waals surface area contributed by atoms with Crippen molar-refractivity contribution >= 4 is 5.71 Å². The molecule has 0 rings (SSSR count). The van der Waals surface area contributed by atoms with Gasteiger partial charge in [0.1, 0.15) is 0 Å². The Hall–Kier alpha value is -0.850. The molecule has 1 heteroatoms. The zero-order valence-electron chi connectivity index (χ0n) is 7.81. The van der Waals surface area contributed by atoms with Gasteiger partial charge in [-0.05, 0) is 31.4 Å². The fourth-order valence-electron chi connectivity index (χ4n) is 0.723. The summed E-state index contributed by atoms with van der Waals surface area (Å²) in [5.74, 6) is 0.329. The standard InChI is InChI=1S/C10H17N/c1-5-6-9(4)7-10(11)8(2)3/h5-8,11H,1-4H3/b6-5-,9-7-,11-10?. The molecule has 0 bridgehead atoms. The van der Waals surface area contributed by atoms with Crippen LogP contribution in [0.15, 0.2) is 23.8 Å². The van der Waals surface area contributed by atoms with Crippen LogP contribution >= 0.6 is 0 Å². The molecule has 1 N–H and O–H groups in total. The molecular formula is C10H17N. The Balaban J connectivity index is 4.19. The molecule has 0 fully saturated rings. The van der Waals surface area contributed by atoms with E-state index in [2.05, 4.69) is 0 Å². The first-order chi connectivity index (χ1) is 5.07. The van der Waals surface area contributed by atoms with Gasteiger partial charge >= 0.3 is 0 Å². The molecule has 0 heterocycles. The predicted molar refractivity (Wildman–Crippen MR) is 51.1 cm³/mol. The number of hydrogen-bond donors (Lipinski definition) is 1. The summed E-state index contributed by atoms with van der Waals surface area (Å²) in [7, 11) is 0. The first-order valence-corrected chi connectivity index (χ1v) is 3.97. The Morgan fingerprint density at radius 2 is 1.91 bits per heavy atom. The summed E-state index contributed by atoms with van der Waals surface area (Å²) in [5.41, 5.74) is 1.84. The largest absolute Gasteiger partial charge is 0.305 e. The second-order valence-electron chi connectivity index (χ2n) is 3.00. The van der Waals surface area contributed by atoms with E-state index in [0.29, 0.717) is 11.6 Å². The third kappa shape index (κ3) is 4.54. The summed E-state index contributed by atoms with van der Waals surface area (Å²) in [4.78, 5) is 0. The smallest absolute Gasteiger partial charge is 0.0341 e. The van der Waals surface area contributed by atoms with Crippen LogP contribution in [0.5, 0.6) is 0 Å². The predicted octanol–water partition coefficient (Wildman–Crippen LogP) is 3.18. The second-order valence-corrected chi connectivity index (χ2v) is 3.00. The van der Waals surface area contributed by atoms with Crippen LogP contribution in [0.3, 0.4) is 0 Å². The Labute approximate surface area is 69.3 Å². The highest BCUT2D eigenvalue weighted by Crippen LogP contribution is 2.01. The third-order valence-corrected chi connectivity index (χ3v) is 1.43. The van der Waals surface area contributed by atoms with Crippen LogP contribution in [0.1, 0.15) is 27.7 Å². The molecule has 0 saturated carbocycles. The lowest BCUT2D eigenvalue weighted by Crippen LogP contribution is -2.01. The van der Waals surface area contributed by atoms with E-state index < -0.39 is 0 Å². The quantitative estimate of drug-likeness (QED) is 0.473. The lowest BCUT2D eigenvalue weighted by atomic mass is 10.1. The van der Waals surface area contributed by atoms with Gasteiger partial charge in [-0.1, -0.05) is 26.0 Å². The Morgan fingerprint density at radius 3 is 2.27 bits per heavy atom. The average Bonchev–Trinajstić information content (AvgIpc) is 1.87. The summed E-state index contributed by atoms with van der Waals surface area (Å²) in [6, 6.07) is 0. The molecule has 0 radical (unpaired) electrons. The molecule has 0 unspecified atom stereocenters. The van der Waals surface area contributed by atoms with Gasteiger partial charge in [0.05, 0.1) is 0 Å². The van der Waals surface area contributed by atoms with Gasteiger partial charge in [-0.25, -0.2) is 0 Å². The topological polar surface area (TPSA) is 23.9 Å². The zero-order chi connectivity index (χ0) is 8.85. The first kappa shape index (κ1) is 10.2. The van der Waals surface area contributed by atoms with Gasteiger partial charge < -0.3 is 5.41 Å². The van der Waals surface area contributed by atoms with E-state index in [1.54, 1.807) is 0 Å². The minimum Gasteiger partial charge on any atom is -0.305 e. The van der Waals surface area contributed by atoms with Crippen LogP contribution < -0.4 is 0 Å². The molecule has 1 nitrogen and oxygen atoms in total. The zero-order valence-corrected chi connectivity index (χ0v) is 7.81. The molecule has 0 spiro atoms. The van der Waals surface area contributed by atoms with Crippen molar-refractivity contribution in [3.05, 3.63) is 23.8 Å². The lowest BCUT2D eigenvalue weighted by Gasteiger charge is -2.01. The SMILES string of the molecule is C/C=C\C(C)=C/C(=N)C(C)C. The molecule has 0 aromatic heterocycles. The van der Waals surface area contributed by atoms with Gasteiger partial charge in [-0.15, -0.1) is 0 Å². The third-order valence-electron chi connectivity index (χ3n) is 1.43. The van der Waals surface area contributed by atoms with E-state index in [9.17, 15) is 0 Å². The highest BCUT2D eigenvalue weighted by atomic mass is 14.4. The summed E-state index contributed by atoms with van der Waals surface area (Å²) < 4.78 is 0. The Bertz CT molecular complexity index is 185. The molecular weight excluding hydrogens is 134 g/mol. The molecule has 0 amide bonds. The molecule has 0 aromatic carbocycles. The van der Waals surface area contributed by atoms with Gasteiger partial charge in [0.25, 0.3) is 0 Å². The molecule has 11 heavy (non-hydrogen) atoms. The molecule has 0 saturated heterocycles. The fraction of sp³-hybridized carbons (Fsp3) is 0.500. The van der Waals surface area contributed by atoms with E-state index in [0.717, 1.165) is 5.57 Å². The van der Waals surface area contributed by atoms with Crippen LogP contribution in [0.25, 0.3) is 0 Å². The van der Waals surface area contributed by atoms with Crippen LogP contribution in [0.2, 0.25) is 0 Å². The van der Waals surface area contributed by atoms with E-state index >= 15 is 0 Å². The number of nitrogens with one attached hydrogen (secondary N) is 1. The second kappa shape index (κ2) is 4.89. The summed E-state index contributed by atoms with van der Waals surface area (Å²) >= 11 is 0. The molecule has 0 atom stereocenters. The van der Waals surface area contributed by atoms with Gasteiger partial charge in [0, 0.05) is 5.71 Å². The van der Waals surface area contributed by atoms with Crippen molar-refractivity contribution in [2.45, 2.75) is 27.7 Å². The van der Waals surface area contributed by atoms with E-state index in [1.807, 2.05) is 45.9 Å². The van der Waals surface area contributed by atoms with Crippen molar-refractivity contribution in [1.29, 1.82) is 5.41 Å². The maximum atomic E-state index is 7.54. The van der Waals surface area contributed by atoms with Crippen LogP contribution in [-0.2, 0) is 0 Å². The number of hydrogen-bond acceptors (Lipinski definition) is 1. The number of rotatable bonds is 3. The molecule has 62 valence electrons. The molecule has 0 aliphatic carbocycles. The van der Waals surface area contributed by atoms with E-state index in [1.165, 1.54) is 0 Å². The summed E-state index contributed by atoms with van der Waals surface area (Å²) in [5, 5.41) is 7.54. The van der Waals surface area contributed by atoms with Gasteiger partial charge in [-0.2, -0.15) is 0 Å². The van der Waals surface area contributed by atoms with Crippen LogP contribution in [0.4, 0.5) is 0 Å². The summed E-state index contributed by atoms with van der Waals surface area (Å²) in [6.45, 7) is 8.05. The Kier molecular flexibility index (Phi) is 4.51. The lowest BCUT2D eigenvalue weighted by molar-refractivity contribution is 0.881. The van der Waals surface area contributed by atoms with E-state index in [4.69, 9.17) is 5.41 Å². The van der Waals surface area contributed by atoms with Crippen molar-refractivity contribution in [3.63, 3.8) is 0 Å². The normalized spacial score (nSPS) is 13.0.